The number of para-hydroxylation sites is 1. The lowest BCUT2D eigenvalue weighted by Crippen LogP contribution is -2.46. The summed E-state index contributed by atoms with van der Waals surface area (Å²) in [5.41, 5.74) is 2.83. The molecule has 160 valence electrons. The van der Waals surface area contributed by atoms with E-state index < -0.39 is 0 Å². The van der Waals surface area contributed by atoms with E-state index in [1.54, 1.807) is 18.3 Å². The van der Waals surface area contributed by atoms with Crippen LogP contribution in [0.5, 0.6) is 0 Å². The average molecular weight is 436 g/mol. The van der Waals surface area contributed by atoms with Crippen molar-refractivity contribution in [1.29, 1.82) is 0 Å². The average Bonchev–Trinajstić information content (AvgIpc) is 2.82. The molecule has 2 aromatic carbocycles. The standard InChI is InChI=1S/C24H26ClN5O/c1-2-29-12-14-30(15-13-29)23-11-8-18(17-26-23)24(31)28-20-9-10-21(25)22(16-20)27-19-6-4-3-5-7-19/h3-11,16-17,27H,2,12-15H2,1H3,(H,28,31). The number of carbonyl (C=O) groups is 1. The normalized spacial score (nSPS) is 14.3. The highest BCUT2D eigenvalue weighted by atomic mass is 35.5. The number of rotatable bonds is 6. The Kier molecular flexibility index (Phi) is 6.70. The van der Waals surface area contributed by atoms with E-state index in [9.17, 15) is 4.79 Å². The molecule has 0 bridgehead atoms. The van der Waals surface area contributed by atoms with Gasteiger partial charge in [-0.05, 0) is 49.0 Å². The van der Waals surface area contributed by atoms with Gasteiger partial charge in [0.05, 0.1) is 16.3 Å². The van der Waals surface area contributed by atoms with Crippen LogP contribution in [0.1, 0.15) is 17.3 Å². The van der Waals surface area contributed by atoms with Crippen LogP contribution in [0.3, 0.4) is 0 Å². The van der Waals surface area contributed by atoms with Crippen molar-refractivity contribution in [2.75, 3.05) is 48.3 Å². The summed E-state index contributed by atoms with van der Waals surface area (Å²) in [7, 11) is 0. The predicted octanol–water partition coefficient (Wildman–Crippen LogP) is 4.87. The lowest BCUT2D eigenvalue weighted by atomic mass is 10.2. The highest BCUT2D eigenvalue weighted by Crippen LogP contribution is 2.28. The maximum absolute atomic E-state index is 12.7. The number of hydrogen-bond acceptors (Lipinski definition) is 5. The summed E-state index contributed by atoms with van der Waals surface area (Å²) in [6.07, 6.45) is 1.63. The van der Waals surface area contributed by atoms with Crippen LogP contribution in [0, 0.1) is 0 Å². The van der Waals surface area contributed by atoms with Crippen LogP contribution in [0.2, 0.25) is 5.02 Å². The Bertz CT molecular complexity index is 1020. The smallest absolute Gasteiger partial charge is 0.257 e. The van der Waals surface area contributed by atoms with Gasteiger partial charge in [-0.15, -0.1) is 0 Å². The Balaban J connectivity index is 1.41. The van der Waals surface area contributed by atoms with E-state index in [4.69, 9.17) is 11.6 Å². The third-order valence-corrected chi connectivity index (χ3v) is 5.76. The predicted molar refractivity (Wildman–Crippen MR) is 128 cm³/mol. The first kappa shape index (κ1) is 21.2. The molecule has 6 nitrogen and oxygen atoms in total. The topological polar surface area (TPSA) is 60.5 Å². The Morgan fingerprint density at radius 2 is 1.77 bits per heavy atom. The molecule has 0 unspecified atom stereocenters. The van der Waals surface area contributed by atoms with Gasteiger partial charge in [0.15, 0.2) is 0 Å². The number of piperazine rings is 1. The van der Waals surface area contributed by atoms with Gasteiger partial charge in [0.25, 0.3) is 5.91 Å². The monoisotopic (exact) mass is 435 g/mol. The second-order valence-corrected chi connectivity index (χ2v) is 7.87. The summed E-state index contributed by atoms with van der Waals surface area (Å²) in [5.74, 6) is 0.705. The van der Waals surface area contributed by atoms with Crippen molar-refractivity contribution < 1.29 is 4.79 Å². The SMILES string of the molecule is CCN1CCN(c2ccc(C(=O)Nc3ccc(Cl)c(Nc4ccccc4)c3)cn2)CC1. The van der Waals surface area contributed by atoms with E-state index in [-0.39, 0.29) is 5.91 Å². The first-order chi connectivity index (χ1) is 15.1. The van der Waals surface area contributed by atoms with Crippen LogP contribution in [0.15, 0.2) is 66.9 Å². The van der Waals surface area contributed by atoms with Crippen molar-refractivity contribution in [3.05, 3.63) is 77.4 Å². The van der Waals surface area contributed by atoms with E-state index in [0.717, 1.165) is 49.9 Å². The minimum absolute atomic E-state index is 0.206. The number of halogens is 1. The van der Waals surface area contributed by atoms with Gasteiger partial charge in [0.2, 0.25) is 0 Å². The summed E-state index contributed by atoms with van der Waals surface area (Å²) in [4.78, 5) is 21.9. The number of hydrogen-bond donors (Lipinski definition) is 2. The molecule has 0 spiro atoms. The molecule has 0 atom stereocenters. The fraction of sp³-hybridized carbons (Fsp3) is 0.250. The van der Waals surface area contributed by atoms with E-state index in [1.165, 1.54) is 0 Å². The van der Waals surface area contributed by atoms with Crippen molar-refractivity contribution in [2.45, 2.75) is 6.92 Å². The van der Waals surface area contributed by atoms with Gasteiger partial charge in [0, 0.05) is 43.8 Å². The van der Waals surface area contributed by atoms with Crippen molar-refractivity contribution >= 4 is 40.4 Å². The summed E-state index contributed by atoms with van der Waals surface area (Å²) in [6, 6.07) is 18.9. The highest BCUT2D eigenvalue weighted by Gasteiger charge is 2.17. The number of benzene rings is 2. The fourth-order valence-corrected chi connectivity index (χ4v) is 3.74. The largest absolute Gasteiger partial charge is 0.354 e. The maximum atomic E-state index is 12.7. The Labute approximate surface area is 187 Å². The zero-order valence-electron chi connectivity index (χ0n) is 17.5. The number of nitrogens with zero attached hydrogens (tertiary/aromatic N) is 3. The van der Waals surface area contributed by atoms with Crippen molar-refractivity contribution in [2.24, 2.45) is 0 Å². The molecule has 2 heterocycles. The number of anilines is 4. The first-order valence-corrected chi connectivity index (χ1v) is 10.9. The first-order valence-electron chi connectivity index (χ1n) is 10.5. The highest BCUT2D eigenvalue weighted by molar-refractivity contribution is 6.33. The third-order valence-electron chi connectivity index (χ3n) is 5.43. The van der Waals surface area contributed by atoms with Gasteiger partial charge in [-0.3, -0.25) is 4.79 Å². The summed E-state index contributed by atoms with van der Waals surface area (Å²) in [5, 5.41) is 6.78. The molecule has 0 radical (unpaired) electrons. The number of aromatic nitrogens is 1. The molecule has 7 heteroatoms. The van der Waals surface area contributed by atoms with Crippen molar-refractivity contribution in [1.82, 2.24) is 9.88 Å². The minimum Gasteiger partial charge on any atom is -0.354 e. The summed E-state index contributed by atoms with van der Waals surface area (Å²) in [6.45, 7) is 7.24. The van der Waals surface area contributed by atoms with E-state index >= 15 is 0 Å². The minimum atomic E-state index is -0.206. The van der Waals surface area contributed by atoms with Crippen LogP contribution in [-0.2, 0) is 0 Å². The van der Waals surface area contributed by atoms with Crippen LogP contribution in [0.25, 0.3) is 0 Å². The second-order valence-electron chi connectivity index (χ2n) is 7.47. The molecule has 4 rings (SSSR count). The van der Waals surface area contributed by atoms with E-state index in [0.29, 0.717) is 16.3 Å². The van der Waals surface area contributed by atoms with Gasteiger partial charge in [-0.25, -0.2) is 4.98 Å². The Morgan fingerprint density at radius 3 is 2.45 bits per heavy atom. The van der Waals surface area contributed by atoms with Crippen LogP contribution < -0.4 is 15.5 Å². The molecule has 1 aliphatic heterocycles. The van der Waals surface area contributed by atoms with Gasteiger partial charge in [-0.1, -0.05) is 36.7 Å². The number of pyridine rings is 1. The molecule has 1 saturated heterocycles. The van der Waals surface area contributed by atoms with Crippen LogP contribution >= 0.6 is 11.6 Å². The summed E-state index contributed by atoms with van der Waals surface area (Å²) >= 11 is 6.32. The molecule has 2 N–H and O–H groups in total. The molecule has 0 aliphatic carbocycles. The third kappa shape index (κ3) is 5.34. The molecular weight excluding hydrogens is 410 g/mol. The van der Waals surface area contributed by atoms with Gasteiger partial charge in [0.1, 0.15) is 5.82 Å². The lowest BCUT2D eigenvalue weighted by Gasteiger charge is -2.34. The Hall–Kier alpha value is -3.09. The zero-order valence-corrected chi connectivity index (χ0v) is 18.3. The zero-order chi connectivity index (χ0) is 21.6. The fourth-order valence-electron chi connectivity index (χ4n) is 3.58. The Morgan fingerprint density at radius 1 is 1.00 bits per heavy atom. The molecule has 1 aliphatic rings. The van der Waals surface area contributed by atoms with E-state index in [2.05, 4.69) is 32.3 Å². The van der Waals surface area contributed by atoms with Crippen LogP contribution in [0.4, 0.5) is 22.9 Å². The van der Waals surface area contributed by atoms with Gasteiger partial charge in [-0.2, -0.15) is 0 Å². The van der Waals surface area contributed by atoms with Crippen LogP contribution in [-0.4, -0.2) is 48.5 Å². The number of carbonyl (C=O) groups excluding carboxylic acids is 1. The maximum Gasteiger partial charge on any atom is 0.257 e. The van der Waals surface area contributed by atoms with Gasteiger partial charge >= 0.3 is 0 Å². The van der Waals surface area contributed by atoms with Crippen molar-refractivity contribution in [3.8, 4) is 0 Å². The molecule has 0 saturated carbocycles. The number of likely N-dealkylation sites (N-methyl/N-ethyl adjacent to an activating group) is 1. The molecular formula is C24H26ClN5O. The molecule has 1 aromatic heterocycles. The quantitative estimate of drug-likeness (QED) is 0.578. The number of nitrogens with one attached hydrogen (secondary N) is 2. The van der Waals surface area contributed by atoms with Gasteiger partial charge < -0.3 is 20.4 Å². The molecule has 31 heavy (non-hydrogen) atoms. The molecule has 1 amide bonds. The lowest BCUT2D eigenvalue weighted by molar-refractivity contribution is 0.102. The molecule has 1 fully saturated rings. The second kappa shape index (κ2) is 9.81. The van der Waals surface area contributed by atoms with E-state index in [1.807, 2.05) is 48.5 Å². The van der Waals surface area contributed by atoms with Crippen molar-refractivity contribution in [3.63, 3.8) is 0 Å². The molecule has 3 aromatic rings. The number of amides is 1. The summed E-state index contributed by atoms with van der Waals surface area (Å²) < 4.78 is 0.